The first-order valence-electron chi connectivity index (χ1n) is 4.18. The Morgan fingerprint density at radius 1 is 1.50 bits per heavy atom. The van der Waals surface area contributed by atoms with Crippen LogP contribution in [0.5, 0.6) is 11.5 Å². The monoisotopic (exact) mass is 215 g/mol. The maximum Gasteiger partial charge on any atom is 0.231 e. The standard InChI is InChI=1S/C9H10ClNO3/c10-6-1-5(7(11)3-12)2-8-9(6)14-4-13-8/h1-2,7,12H,3-4,11H2. The molecule has 1 atom stereocenters. The van der Waals surface area contributed by atoms with Crippen LogP contribution in [0.3, 0.4) is 0 Å². The van der Waals surface area contributed by atoms with E-state index in [2.05, 4.69) is 0 Å². The Balaban J connectivity index is 2.41. The number of hydrogen-bond acceptors (Lipinski definition) is 4. The Hall–Kier alpha value is -0.970. The molecule has 76 valence electrons. The van der Waals surface area contributed by atoms with E-state index in [1.807, 2.05) is 0 Å². The molecular weight excluding hydrogens is 206 g/mol. The molecule has 1 aliphatic heterocycles. The van der Waals surface area contributed by atoms with Gasteiger partial charge in [0, 0.05) is 0 Å². The third kappa shape index (κ3) is 1.52. The summed E-state index contributed by atoms with van der Waals surface area (Å²) in [4.78, 5) is 0. The summed E-state index contributed by atoms with van der Waals surface area (Å²) >= 11 is 5.93. The highest BCUT2D eigenvalue weighted by atomic mass is 35.5. The van der Waals surface area contributed by atoms with Crippen molar-refractivity contribution < 1.29 is 14.6 Å². The lowest BCUT2D eigenvalue weighted by atomic mass is 10.1. The van der Waals surface area contributed by atoms with Gasteiger partial charge in [-0.2, -0.15) is 0 Å². The number of halogens is 1. The van der Waals surface area contributed by atoms with Gasteiger partial charge in [-0.15, -0.1) is 0 Å². The zero-order valence-electron chi connectivity index (χ0n) is 7.37. The number of aliphatic hydroxyl groups is 1. The van der Waals surface area contributed by atoms with Gasteiger partial charge in [0.15, 0.2) is 11.5 Å². The third-order valence-electron chi connectivity index (χ3n) is 2.07. The van der Waals surface area contributed by atoms with Crippen molar-refractivity contribution in [1.29, 1.82) is 0 Å². The molecule has 0 aromatic heterocycles. The molecule has 0 saturated heterocycles. The molecule has 5 heteroatoms. The van der Waals surface area contributed by atoms with Crippen molar-refractivity contribution in [3.8, 4) is 11.5 Å². The normalized spacial score (nSPS) is 15.6. The fraction of sp³-hybridized carbons (Fsp3) is 0.333. The van der Waals surface area contributed by atoms with Crippen molar-refractivity contribution in [2.24, 2.45) is 5.73 Å². The number of fused-ring (bicyclic) bond motifs is 1. The maximum atomic E-state index is 8.89. The number of benzene rings is 1. The first-order valence-corrected chi connectivity index (χ1v) is 4.55. The molecular formula is C9H10ClNO3. The van der Waals surface area contributed by atoms with Gasteiger partial charge in [-0.05, 0) is 17.7 Å². The molecule has 0 radical (unpaired) electrons. The Morgan fingerprint density at radius 2 is 2.29 bits per heavy atom. The van der Waals surface area contributed by atoms with Crippen LogP contribution in [-0.4, -0.2) is 18.5 Å². The molecule has 0 amide bonds. The molecule has 1 aromatic carbocycles. The van der Waals surface area contributed by atoms with Gasteiger partial charge in [-0.25, -0.2) is 0 Å². The van der Waals surface area contributed by atoms with Gasteiger partial charge < -0.3 is 20.3 Å². The minimum atomic E-state index is -0.443. The molecule has 0 fully saturated rings. The average Bonchev–Trinajstić information content (AvgIpc) is 2.64. The highest BCUT2D eigenvalue weighted by Crippen LogP contribution is 2.40. The van der Waals surface area contributed by atoms with Crippen molar-refractivity contribution in [1.82, 2.24) is 0 Å². The largest absolute Gasteiger partial charge is 0.454 e. The zero-order valence-corrected chi connectivity index (χ0v) is 8.12. The fourth-order valence-corrected chi connectivity index (χ4v) is 1.58. The smallest absolute Gasteiger partial charge is 0.231 e. The van der Waals surface area contributed by atoms with Crippen molar-refractivity contribution in [2.45, 2.75) is 6.04 Å². The summed E-state index contributed by atoms with van der Waals surface area (Å²) in [5.41, 5.74) is 6.39. The molecule has 1 unspecified atom stereocenters. The van der Waals surface area contributed by atoms with Gasteiger partial charge in [0.2, 0.25) is 6.79 Å². The molecule has 0 aliphatic carbocycles. The number of hydrogen-bond donors (Lipinski definition) is 2. The molecule has 0 saturated carbocycles. The van der Waals surface area contributed by atoms with Crippen molar-refractivity contribution >= 4 is 11.6 Å². The Kier molecular flexibility index (Phi) is 2.50. The van der Waals surface area contributed by atoms with Gasteiger partial charge in [0.05, 0.1) is 17.7 Å². The second-order valence-electron chi connectivity index (χ2n) is 3.03. The molecule has 1 aromatic rings. The molecule has 2 rings (SSSR count). The quantitative estimate of drug-likeness (QED) is 0.775. The molecule has 3 N–H and O–H groups in total. The zero-order chi connectivity index (χ0) is 10.1. The van der Waals surface area contributed by atoms with E-state index in [9.17, 15) is 0 Å². The second kappa shape index (κ2) is 3.65. The Labute approximate surface area is 86.2 Å². The van der Waals surface area contributed by atoms with Gasteiger partial charge in [-0.3, -0.25) is 0 Å². The lowest BCUT2D eigenvalue weighted by Gasteiger charge is -2.09. The Bertz CT molecular complexity index is 356. The molecule has 4 nitrogen and oxygen atoms in total. The first-order chi connectivity index (χ1) is 6.72. The predicted octanol–water partition coefficient (Wildman–Crippen LogP) is 1.06. The van der Waals surface area contributed by atoms with Crippen LogP contribution in [0.15, 0.2) is 12.1 Å². The average molecular weight is 216 g/mol. The van der Waals surface area contributed by atoms with Gasteiger partial charge in [0.25, 0.3) is 0 Å². The molecule has 14 heavy (non-hydrogen) atoms. The van der Waals surface area contributed by atoms with Gasteiger partial charge in [-0.1, -0.05) is 11.6 Å². The minimum Gasteiger partial charge on any atom is -0.454 e. The van der Waals surface area contributed by atoms with Gasteiger partial charge in [0.1, 0.15) is 0 Å². The fourth-order valence-electron chi connectivity index (χ4n) is 1.31. The van der Waals surface area contributed by atoms with E-state index in [0.717, 1.165) is 5.56 Å². The summed E-state index contributed by atoms with van der Waals surface area (Å²) in [6.45, 7) is 0.0445. The van der Waals surface area contributed by atoms with Crippen LogP contribution in [0.25, 0.3) is 0 Å². The Morgan fingerprint density at radius 3 is 3.00 bits per heavy atom. The van der Waals surface area contributed by atoms with E-state index in [1.54, 1.807) is 12.1 Å². The predicted molar refractivity (Wildman–Crippen MR) is 51.6 cm³/mol. The number of aliphatic hydroxyl groups excluding tert-OH is 1. The molecule has 1 aliphatic rings. The van der Waals surface area contributed by atoms with Crippen molar-refractivity contribution in [3.63, 3.8) is 0 Å². The van der Waals surface area contributed by atoms with Crippen LogP contribution >= 0.6 is 11.6 Å². The van der Waals surface area contributed by atoms with Crippen LogP contribution in [0, 0.1) is 0 Å². The topological polar surface area (TPSA) is 64.7 Å². The van der Waals surface area contributed by atoms with Crippen molar-refractivity contribution in [3.05, 3.63) is 22.7 Å². The summed E-state index contributed by atoms with van der Waals surface area (Å²) in [5, 5.41) is 9.34. The third-order valence-corrected chi connectivity index (χ3v) is 2.36. The van der Waals surface area contributed by atoms with Crippen LogP contribution < -0.4 is 15.2 Å². The SMILES string of the molecule is NC(CO)c1cc(Cl)c2c(c1)OCO2. The summed E-state index contributed by atoms with van der Waals surface area (Å²) in [6, 6.07) is 2.97. The van der Waals surface area contributed by atoms with Crippen LogP contribution in [0.1, 0.15) is 11.6 Å². The number of nitrogens with two attached hydrogens (primary N) is 1. The number of rotatable bonds is 2. The molecule has 0 spiro atoms. The van der Waals surface area contributed by atoms with E-state index in [1.165, 1.54) is 0 Å². The maximum absolute atomic E-state index is 8.89. The summed E-state index contributed by atoms with van der Waals surface area (Å²) in [6.07, 6.45) is 0. The van der Waals surface area contributed by atoms with E-state index in [-0.39, 0.29) is 13.4 Å². The van der Waals surface area contributed by atoms with E-state index < -0.39 is 6.04 Å². The first kappa shape index (κ1) is 9.58. The highest BCUT2D eigenvalue weighted by Gasteiger charge is 2.19. The van der Waals surface area contributed by atoms with Gasteiger partial charge >= 0.3 is 0 Å². The summed E-state index contributed by atoms with van der Waals surface area (Å²) in [7, 11) is 0. The molecule has 1 heterocycles. The van der Waals surface area contributed by atoms with E-state index in [4.69, 9.17) is 31.9 Å². The van der Waals surface area contributed by atoms with E-state index >= 15 is 0 Å². The lowest BCUT2D eigenvalue weighted by molar-refractivity contribution is 0.174. The highest BCUT2D eigenvalue weighted by molar-refractivity contribution is 6.32. The summed E-state index contributed by atoms with van der Waals surface area (Å²) in [5.74, 6) is 1.12. The second-order valence-corrected chi connectivity index (χ2v) is 3.43. The summed E-state index contributed by atoms with van der Waals surface area (Å²) < 4.78 is 10.3. The van der Waals surface area contributed by atoms with Crippen LogP contribution in [-0.2, 0) is 0 Å². The minimum absolute atomic E-state index is 0.129. The van der Waals surface area contributed by atoms with Crippen LogP contribution in [0.4, 0.5) is 0 Å². The van der Waals surface area contributed by atoms with E-state index in [0.29, 0.717) is 16.5 Å². The number of ether oxygens (including phenoxy) is 2. The molecule has 0 bridgehead atoms. The lowest BCUT2D eigenvalue weighted by Crippen LogP contribution is -2.14. The van der Waals surface area contributed by atoms with Crippen molar-refractivity contribution in [2.75, 3.05) is 13.4 Å². The van der Waals surface area contributed by atoms with Crippen LogP contribution in [0.2, 0.25) is 5.02 Å².